The smallest absolute Gasteiger partial charge is 0.410 e. The van der Waals surface area contributed by atoms with Crippen LogP contribution in [0, 0.1) is 12.7 Å². The number of piperidine rings is 1. The Morgan fingerprint density at radius 1 is 1.00 bits per heavy atom. The van der Waals surface area contributed by atoms with Crippen molar-refractivity contribution in [3.05, 3.63) is 66.6 Å². The summed E-state index contributed by atoms with van der Waals surface area (Å²) in [4.78, 5) is 32.3. The third kappa shape index (κ3) is 5.75. The predicted octanol–water partition coefficient (Wildman–Crippen LogP) is 7.20. The first-order valence-electron chi connectivity index (χ1n) is 15.5. The summed E-state index contributed by atoms with van der Waals surface area (Å²) in [5, 5.41) is 3.77. The lowest BCUT2D eigenvalue weighted by atomic mass is 10.0. The summed E-state index contributed by atoms with van der Waals surface area (Å²) in [7, 11) is 1.93. The van der Waals surface area contributed by atoms with E-state index in [-0.39, 0.29) is 30.0 Å². The number of anilines is 2. The minimum Gasteiger partial charge on any atom is -0.474 e. The van der Waals surface area contributed by atoms with Crippen LogP contribution < -0.4 is 14.8 Å². The van der Waals surface area contributed by atoms with Crippen LogP contribution in [0.1, 0.15) is 52.0 Å². The molecule has 12 heteroatoms. The number of rotatable bonds is 6. The molecule has 2 saturated heterocycles. The molecule has 3 atom stereocenters. The maximum Gasteiger partial charge on any atom is 0.410 e. The molecule has 0 spiro atoms. The number of nitrogens with one attached hydrogen (secondary N) is 1. The van der Waals surface area contributed by atoms with E-state index < -0.39 is 11.4 Å². The number of amides is 1. The van der Waals surface area contributed by atoms with Gasteiger partial charge in [-0.2, -0.15) is 0 Å². The van der Waals surface area contributed by atoms with Gasteiger partial charge in [-0.1, -0.05) is 0 Å². The summed E-state index contributed by atoms with van der Waals surface area (Å²) in [6, 6.07) is 10.8. The lowest BCUT2D eigenvalue weighted by Crippen LogP contribution is -2.50. The van der Waals surface area contributed by atoms with Gasteiger partial charge in [-0.25, -0.2) is 29.1 Å². The number of imidazole rings is 1. The highest BCUT2D eigenvalue weighted by atomic mass is 19.1. The summed E-state index contributed by atoms with van der Waals surface area (Å²) in [6.45, 7) is 7.31. The summed E-state index contributed by atoms with van der Waals surface area (Å²) in [5.74, 6) is 1.36. The van der Waals surface area contributed by atoms with E-state index in [0.717, 1.165) is 23.9 Å². The Balaban J connectivity index is 1.07. The minimum absolute atomic E-state index is 0.0655. The number of pyridine rings is 1. The summed E-state index contributed by atoms with van der Waals surface area (Å²) in [6.07, 6.45) is 7.64. The number of aryl methyl sites for hydroxylation is 1. The van der Waals surface area contributed by atoms with Gasteiger partial charge < -0.3 is 29.0 Å². The zero-order valence-corrected chi connectivity index (χ0v) is 26.5. The topological polar surface area (TPSA) is 117 Å². The van der Waals surface area contributed by atoms with Crippen molar-refractivity contribution < 1.29 is 23.4 Å². The van der Waals surface area contributed by atoms with Gasteiger partial charge in [-0.15, -0.1) is 0 Å². The predicted molar refractivity (Wildman–Crippen MR) is 171 cm³/mol. The van der Waals surface area contributed by atoms with Crippen molar-refractivity contribution in [2.75, 3.05) is 5.32 Å². The number of halogens is 1. The van der Waals surface area contributed by atoms with Gasteiger partial charge in [-0.3, -0.25) is 0 Å². The fourth-order valence-corrected chi connectivity index (χ4v) is 6.42. The van der Waals surface area contributed by atoms with Gasteiger partial charge in [0.05, 0.1) is 34.8 Å². The molecule has 2 aromatic carbocycles. The molecule has 5 heterocycles. The van der Waals surface area contributed by atoms with Crippen LogP contribution in [0.4, 0.5) is 20.7 Å². The van der Waals surface area contributed by atoms with Crippen LogP contribution in [-0.4, -0.2) is 59.3 Å². The monoisotopic (exact) mass is 625 g/mol. The molecule has 2 aliphatic rings. The van der Waals surface area contributed by atoms with Crippen LogP contribution >= 0.6 is 0 Å². The second kappa shape index (κ2) is 11.4. The molecule has 11 nitrogen and oxygen atoms in total. The van der Waals surface area contributed by atoms with Crippen molar-refractivity contribution in [2.24, 2.45) is 7.05 Å². The number of aromatic nitrogens is 5. The van der Waals surface area contributed by atoms with Gasteiger partial charge in [0.25, 0.3) is 0 Å². The van der Waals surface area contributed by atoms with Crippen LogP contribution in [0.5, 0.6) is 17.4 Å². The molecular weight excluding hydrogens is 589 g/mol. The van der Waals surface area contributed by atoms with Crippen molar-refractivity contribution in [3.63, 3.8) is 0 Å². The van der Waals surface area contributed by atoms with Gasteiger partial charge in [0.1, 0.15) is 35.3 Å². The summed E-state index contributed by atoms with van der Waals surface area (Å²) in [5.41, 5.74) is 2.42. The van der Waals surface area contributed by atoms with Gasteiger partial charge in [0, 0.05) is 55.1 Å². The Bertz CT molecular complexity index is 1940. The molecule has 1 N–H and O–H groups in total. The molecule has 7 rings (SSSR count). The van der Waals surface area contributed by atoms with Crippen molar-refractivity contribution in [3.8, 4) is 17.4 Å². The molecular formula is C34H36FN7O4. The molecule has 0 radical (unpaired) electrons. The van der Waals surface area contributed by atoms with E-state index >= 15 is 4.39 Å². The van der Waals surface area contributed by atoms with E-state index in [4.69, 9.17) is 14.2 Å². The number of carbonyl (C=O) groups is 1. The Kier molecular flexibility index (Phi) is 7.37. The molecule has 0 saturated carbocycles. The maximum atomic E-state index is 15.7. The highest BCUT2D eigenvalue weighted by molar-refractivity contribution is 5.91. The molecule has 3 aromatic heterocycles. The van der Waals surface area contributed by atoms with Gasteiger partial charge >= 0.3 is 6.09 Å². The van der Waals surface area contributed by atoms with Crippen molar-refractivity contribution in [2.45, 2.75) is 77.2 Å². The number of nitrogens with zero attached hydrogens (tertiary/aromatic N) is 6. The Hall–Kier alpha value is -5.00. The maximum absolute atomic E-state index is 15.7. The molecule has 0 aliphatic carbocycles. The summed E-state index contributed by atoms with van der Waals surface area (Å²) >= 11 is 0. The SMILES string of the molecule is Cc1c(Oc2ccc3c(c2)ncn3C)ccc(Nc2ncnc3cnc(OC4C[C@H]5CC[C@@H](C4)N5C(=O)OC(C)(C)C)cc23)c1F. The minimum atomic E-state index is -0.542. The average Bonchev–Trinajstić information content (AvgIpc) is 3.51. The number of fused-ring (bicyclic) bond motifs is 4. The second-order valence-corrected chi connectivity index (χ2v) is 13.0. The largest absolute Gasteiger partial charge is 0.474 e. The Labute approximate surface area is 265 Å². The number of hydrogen-bond donors (Lipinski definition) is 1. The van der Waals surface area contributed by atoms with Crippen molar-refractivity contribution in [1.29, 1.82) is 0 Å². The first-order valence-corrected chi connectivity index (χ1v) is 15.5. The third-order valence-electron chi connectivity index (χ3n) is 8.59. The van der Waals surface area contributed by atoms with Crippen molar-refractivity contribution >= 4 is 39.5 Å². The highest BCUT2D eigenvalue weighted by Crippen LogP contribution is 2.39. The Morgan fingerprint density at radius 3 is 2.54 bits per heavy atom. The van der Waals surface area contributed by atoms with E-state index in [1.807, 2.05) is 55.5 Å². The third-order valence-corrected chi connectivity index (χ3v) is 8.59. The standard InChI is InChI=1S/C34H36FN7O4/c1-19-29(44-22-8-10-28-26(14-22)39-18-41(28)5)11-9-25(31(19)35)40-32-24-15-30(36-16-27(24)37-17-38-32)45-23-12-20-6-7-21(13-23)42(20)33(43)46-34(2,3)4/h8-11,14-18,20-21,23H,6-7,12-13H2,1-5H3,(H,37,38,40)/t20-,21+,23?. The van der Waals surface area contributed by atoms with Gasteiger partial charge in [-0.05, 0) is 64.8 Å². The number of ether oxygens (including phenoxy) is 3. The molecule has 2 bridgehead atoms. The first-order chi connectivity index (χ1) is 22.0. The average molecular weight is 626 g/mol. The van der Waals surface area contributed by atoms with Crippen LogP contribution in [0.2, 0.25) is 0 Å². The van der Waals surface area contributed by atoms with Gasteiger partial charge in [0.2, 0.25) is 5.88 Å². The van der Waals surface area contributed by atoms with Gasteiger partial charge in [0.15, 0.2) is 5.82 Å². The second-order valence-electron chi connectivity index (χ2n) is 13.0. The quantitative estimate of drug-likeness (QED) is 0.209. The lowest BCUT2D eigenvalue weighted by Gasteiger charge is -2.39. The normalized spacial score (nSPS) is 19.4. The zero-order chi connectivity index (χ0) is 32.2. The fraction of sp³-hybridized carbons (Fsp3) is 0.382. The van der Waals surface area contributed by atoms with Crippen LogP contribution in [0.25, 0.3) is 21.9 Å². The van der Waals surface area contributed by atoms with E-state index in [9.17, 15) is 4.79 Å². The zero-order valence-electron chi connectivity index (χ0n) is 26.5. The molecule has 1 unspecified atom stereocenters. The van der Waals surface area contributed by atoms with E-state index in [0.29, 0.717) is 52.5 Å². The fourth-order valence-electron chi connectivity index (χ4n) is 6.42. The van der Waals surface area contributed by atoms with E-state index in [1.54, 1.807) is 37.6 Å². The van der Waals surface area contributed by atoms with Crippen LogP contribution in [0.15, 0.2) is 55.2 Å². The van der Waals surface area contributed by atoms with Crippen LogP contribution in [-0.2, 0) is 11.8 Å². The summed E-state index contributed by atoms with van der Waals surface area (Å²) < 4.78 is 35.7. The first kappa shape index (κ1) is 29.7. The molecule has 1 amide bonds. The molecule has 238 valence electrons. The molecule has 2 aliphatic heterocycles. The Morgan fingerprint density at radius 2 is 1.78 bits per heavy atom. The molecule has 5 aromatic rings. The van der Waals surface area contributed by atoms with E-state index in [2.05, 4.69) is 25.3 Å². The van der Waals surface area contributed by atoms with E-state index in [1.165, 1.54) is 6.33 Å². The number of hydrogen-bond acceptors (Lipinski definition) is 9. The number of carbonyl (C=O) groups excluding carboxylic acids is 1. The number of benzene rings is 2. The lowest BCUT2D eigenvalue weighted by molar-refractivity contribution is -0.00758. The molecule has 2 fully saturated rings. The van der Waals surface area contributed by atoms with Crippen molar-refractivity contribution in [1.82, 2.24) is 29.4 Å². The van der Waals surface area contributed by atoms with Crippen LogP contribution in [0.3, 0.4) is 0 Å². The molecule has 46 heavy (non-hydrogen) atoms. The highest BCUT2D eigenvalue weighted by Gasteiger charge is 2.45.